The highest BCUT2D eigenvalue weighted by Gasteiger charge is 2.27. The Bertz CT molecular complexity index is 432. The number of carbonyl (C=O) groups is 1. The number of hydrogen-bond acceptors (Lipinski definition) is 3. The van der Waals surface area contributed by atoms with Crippen LogP contribution in [0.1, 0.15) is 35.4 Å². The maximum absolute atomic E-state index is 12.1. The highest BCUT2D eigenvalue weighted by Crippen LogP contribution is 2.34. The number of carbonyl (C=O) groups excluding carboxylic acids is 1. The van der Waals surface area contributed by atoms with Gasteiger partial charge in [-0.15, -0.1) is 0 Å². The van der Waals surface area contributed by atoms with E-state index in [4.69, 9.17) is 5.73 Å². The van der Waals surface area contributed by atoms with Gasteiger partial charge in [-0.2, -0.15) is 0 Å². The molecule has 2 heterocycles. The summed E-state index contributed by atoms with van der Waals surface area (Å²) >= 11 is 0. The summed E-state index contributed by atoms with van der Waals surface area (Å²) in [7, 11) is 0. The molecule has 1 aliphatic carbocycles. The molecule has 1 aromatic rings. The summed E-state index contributed by atoms with van der Waals surface area (Å²) in [5.41, 5.74) is 8.58. The van der Waals surface area contributed by atoms with Crippen LogP contribution in [-0.4, -0.2) is 16.9 Å². The van der Waals surface area contributed by atoms with Gasteiger partial charge in [0.05, 0.1) is 17.1 Å². The Morgan fingerprint density at radius 1 is 1.56 bits per heavy atom. The molecule has 0 radical (unpaired) electrons. The number of anilines is 1. The first kappa shape index (κ1) is 9.90. The first-order chi connectivity index (χ1) is 7.75. The van der Waals surface area contributed by atoms with E-state index in [1.165, 1.54) is 12.8 Å². The zero-order chi connectivity index (χ0) is 11.1. The van der Waals surface area contributed by atoms with Crippen LogP contribution in [0.2, 0.25) is 0 Å². The number of fused-ring (bicyclic) bond motifs is 1. The van der Waals surface area contributed by atoms with E-state index in [1.807, 2.05) is 6.07 Å². The van der Waals surface area contributed by atoms with Gasteiger partial charge >= 0.3 is 0 Å². The van der Waals surface area contributed by atoms with Gasteiger partial charge in [0.1, 0.15) is 0 Å². The predicted octanol–water partition coefficient (Wildman–Crippen LogP) is 1.16. The average molecular weight is 219 g/mol. The van der Waals surface area contributed by atoms with Crippen LogP contribution >= 0.6 is 0 Å². The van der Waals surface area contributed by atoms with Crippen LogP contribution in [0.3, 0.4) is 0 Å². The number of hydrogen-bond donors (Lipinski definition) is 2. The SMILES string of the molecule is Nc1cc(C(=O)CC2CC2)n2c1CNCC2. The number of nitrogens with two attached hydrogens (primary N) is 1. The van der Waals surface area contributed by atoms with Crippen LogP contribution in [0.4, 0.5) is 5.69 Å². The summed E-state index contributed by atoms with van der Waals surface area (Å²) < 4.78 is 2.09. The third-order valence-corrected chi connectivity index (χ3v) is 3.50. The number of aromatic nitrogens is 1. The zero-order valence-corrected chi connectivity index (χ0v) is 9.33. The van der Waals surface area contributed by atoms with E-state index < -0.39 is 0 Å². The molecule has 3 rings (SSSR count). The largest absolute Gasteiger partial charge is 0.397 e. The average Bonchev–Trinajstić information content (AvgIpc) is 3.03. The quantitative estimate of drug-likeness (QED) is 0.750. The molecule has 16 heavy (non-hydrogen) atoms. The summed E-state index contributed by atoms with van der Waals surface area (Å²) in [5.74, 6) is 0.906. The Balaban J connectivity index is 1.90. The van der Waals surface area contributed by atoms with Crippen molar-refractivity contribution in [3.8, 4) is 0 Å². The van der Waals surface area contributed by atoms with Gasteiger partial charge in [0.25, 0.3) is 0 Å². The molecule has 1 aromatic heterocycles. The van der Waals surface area contributed by atoms with Crippen molar-refractivity contribution in [1.29, 1.82) is 0 Å². The molecule has 0 atom stereocenters. The van der Waals surface area contributed by atoms with Crippen molar-refractivity contribution >= 4 is 11.5 Å². The van der Waals surface area contributed by atoms with Crippen LogP contribution in [-0.2, 0) is 13.1 Å². The normalized spacial score (nSPS) is 19.5. The molecule has 1 fully saturated rings. The molecule has 4 nitrogen and oxygen atoms in total. The van der Waals surface area contributed by atoms with Crippen molar-refractivity contribution in [1.82, 2.24) is 9.88 Å². The molecule has 0 saturated heterocycles. The summed E-state index contributed by atoms with van der Waals surface area (Å²) in [6, 6.07) is 1.85. The van der Waals surface area contributed by atoms with Gasteiger partial charge in [0.15, 0.2) is 5.78 Å². The van der Waals surface area contributed by atoms with Crippen LogP contribution in [0.5, 0.6) is 0 Å². The number of rotatable bonds is 3. The molecular weight excluding hydrogens is 202 g/mol. The van der Waals surface area contributed by atoms with Crippen LogP contribution in [0.15, 0.2) is 6.07 Å². The number of nitrogens with zero attached hydrogens (tertiary/aromatic N) is 1. The topological polar surface area (TPSA) is 60.1 Å². The molecule has 0 amide bonds. The van der Waals surface area contributed by atoms with Gasteiger partial charge in [-0.25, -0.2) is 0 Å². The maximum Gasteiger partial charge on any atom is 0.179 e. The second-order valence-corrected chi connectivity index (χ2v) is 4.83. The van der Waals surface area contributed by atoms with Gasteiger partial charge in [0.2, 0.25) is 0 Å². The standard InChI is InChI=1S/C12H17N3O/c13-9-6-10(12(16)5-8-1-2-8)15-4-3-14-7-11(9)15/h6,8,14H,1-5,7,13H2. The van der Waals surface area contributed by atoms with Gasteiger partial charge < -0.3 is 15.6 Å². The molecule has 0 bridgehead atoms. The van der Waals surface area contributed by atoms with E-state index in [9.17, 15) is 4.79 Å². The maximum atomic E-state index is 12.1. The lowest BCUT2D eigenvalue weighted by Crippen LogP contribution is -2.29. The van der Waals surface area contributed by atoms with Crippen molar-refractivity contribution in [2.45, 2.75) is 32.4 Å². The van der Waals surface area contributed by atoms with E-state index in [0.717, 1.165) is 36.7 Å². The van der Waals surface area contributed by atoms with E-state index in [0.29, 0.717) is 12.3 Å². The molecule has 0 aromatic carbocycles. The van der Waals surface area contributed by atoms with Crippen molar-refractivity contribution in [3.05, 3.63) is 17.5 Å². The molecule has 1 aliphatic heterocycles. The minimum atomic E-state index is 0.266. The van der Waals surface area contributed by atoms with Crippen molar-refractivity contribution < 1.29 is 4.79 Å². The van der Waals surface area contributed by atoms with Gasteiger partial charge in [-0.3, -0.25) is 4.79 Å². The summed E-state index contributed by atoms with van der Waals surface area (Å²) in [6.07, 6.45) is 3.14. The Labute approximate surface area is 94.8 Å². The predicted molar refractivity (Wildman–Crippen MR) is 62.2 cm³/mol. The molecular formula is C12H17N3O. The third-order valence-electron chi connectivity index (χ3n) is 3.50. The summed E-state index contributed by atoms with van der Waals surface area (Å²) in [6.45, 7) is 2.56. The Morgan fingerprint density at radius 3 is 3.12 bits per heavy atom. The molecule has 0 unspecified atom stereocenters. The summed E-state index contributed by atoms with van der Waals surface area (Å²) in [4.78, 5) is 12.1. The fourth-order valence-electron chi connectivity index (χ4n) is 2.38. The molecule has 2 aliphatic rings. The third kappa shape index (κ3) is 1.63. The van der Waals surface area contributed by atoms with Crippen LogP contribution in [0, 0.1) is 5.92 Å². The second kappa shape index (κ2) is 3.63. The van der Waals surface area contributed by atoms with E-state index in [-0.39, 0.29) is 5.78 Å². The molecule has 86 valence electrons. The molecule has 3 N–H and O–H groups in total. The van der Waals surface area contributed by atoms with E-state index >= 15 is 0 Å². The van der Waals surface area contributed by atoms with Crippen molar-refractivity contribution in [2.75, 3.05) is 12.3 Å². The molecule has 1 saturated carbocycles. The summed E-state index contributed by atoms with van der Waals surface area (Å²) in [5, 5.41) is 3.28. The lowest BCUT2D eigenvalue weighted by atomic mass is 10.1. The van der Waals surface area contributed by atoms with E-state index in [1.54, 1.807) is 0 Å². The smallest absolute Gasteiger partial charge is 0.179 e. The molecule has 4 heteroatoms. The number of nitrogen functional groups attached to an aromatic ring is 1. The second-order valence-electron chi connectivity index (χ2n) is 4.83. The minimum Gasteiger partial charge on any atom is -0.397 e. The lowest BCUT2D eigenvalue weighted by molar-refractivity contribution is 0.0966. The minimum absolute atomic E-state index is 0.266. The number of ketones is 1. The fraction of sp³-hybridized carbons (Fsp3) is 0.583. The molecule has 0 spiro atoms. The van der Waals surface area contributed by atoms with E-state index in [2.05, 4.69) is 9.88 Å². The van der Waals surface area contributed by atoms with Gasteiger partial charge in [0, 0.05) is 26.1 Å². The monoisotopic (exact) mass is 219 g/mol. The Hall–Kier alpha value is -1.29. The fourth-order valence-corrected chi connectivity index (χ4v) is 2.38. The zero-order valence-electron chi connectivity index (χ0n) is 9.33. The highest BCUT2D eigenvalue weighted by molar-refractivity contribution is 5.96. The first-order valence-corrected chi connectivity index (χ1v) is 5.97. The van der Waals surface area contributed by atoms with Crippen LogP contribution < -0.4 is 11.1 Å². The lowest BCUT2D eigenvalue weighted by Gasteiger charge is -2.19. The highest BCUT2D eigenvalue weighted by atomic mass is 16.1. The Morgan fingerprint density at radius 2 is 2.38 bits per heavy atom. The van der Waals surface area contributed by atoms with Gasteiger partial charge in [-0.1, -0.05) is 0 Å². The van der Waals surface area contributed by atoms with Crippen molar-refractivity contribution in [2.24, 2.45) is 5.92 Å². The first-order valence-electron chi connectivity index (χ1n) is 5.97. The number of nitrogens with one attached hydrogen (secondary N) is 1. The Kier molecular flexibility index (Phi) is 2.24. The van der Waals surface area contributed by atoms with Crippen molar-refractivity contribution in [3.63, 3.8) is 0 Å². The number of Topliss-reactive ketones (excluding diaryl/α,β-unsaturated/α-hetero) is 1. The van der Waals surface area contributed by atoms with Gasteiger partial charge in [-0.05, 0) is 24.8 Å². The van der Waals surface area contributed by atoms with Crippen LogP contribution in [0.25, 0.3) is 0 Å².